The number of esters is 1. The number of carboxylic acids is 1. The Balaban J connectivity index is 0.000000705. The van der Waals surface area contributed by atoms with Gasteiger partial charge in [0.15, 0.2) is 5.92 Å². The molecule has 136 valence electrons. The van der Waals surface area contributed by atoms with Crippen molar-refractivity contribution in [3.8, 4) is 0 Å². The van der Waals surface area contributed by atoms with Gasteiger partial charge in [0.1, 0.15) is 6.61 Å². The van der Waals surface area contributed by atoms with Gasteiger partial charge in [0.2, 0.25) is 0 Å². The number of rotatable bonds is 4. The third-order valence-corrected chi connectivity index (χ3v) is 4.16. The quantitative estimate of drug-likeness (QED) is 0.196. The fraction of sp³-hybridized carbons (Fsp3) is 0.353. The van der Waals surface area contributed by atoms with Gasteiger partial charge >= 0.3 is 5.97 Å². The molecule has 3 N–H and O–H groups in total. The molecule has 1 amide bonds. The first kappa shape index (κ1) is 20.9. The van der Waals surface area contributed by atoms with Crippen LogP contribution in [0.1, 0.15) is 26.3 Å². The van der Waals surface area contributed by atoms with E-state index in [1.165, 1.54) is 0 Å². The van der Waals surface area contributed by atoms with Crippen molar-refractivity contribution in [1.82, 2.24) is 5.01 Å². The number of hydrazine groups is 1. The summed E-state index contributed by atoms with van der Waals surface area (Å²) in [5.74, 6) is 2.89. The van der Waals surface area contributed by atoms with Crippen molar-refractivity contribution in [2.45, 2.75) is 32.2 Å². The van der Waals surface area contributed by atoms with E-state index in [4.69, 9.17) is 20.5 Å². The lowest BCUT2D eigenvalue weighted by molar-refractivity contribution is -0.162. The van der Waals surface area contributed by atoms with Gasteiger partial charge in [0.25, 0.3) is 11.9 Å². The molecule has 0 bridgehead atoms. The number of hydrogen-bond acceptors (Lipinski definition) is 5. The lowest BCUT2D eigenvalue weighted by Gasteiger charge is -2.38. The minimum Gasteiger partial charge on any atom is -0.481 e. The van der Waals surface area contributed by atoms with E-state index in [1.807, 2.05) is 44.2 Å². The number of carbonyl (C=O) groups excluding carboxylic acids is 2. The second-order valence-electron chi connectivity index (χ2n) is 5.44. The van der Waals surface area contributed by atoms with E-state index >= 15 is 0 Å². The molecule has 8 heteroatoms. The van der Waals surface area contributed by atoms with Crippen molar-refractivity contribution in [3.63, 3.8) is 0 Å². The van der Waals surface area contributed by atoms with E-state index in [0.717, 1.165) is 23.1 Å². The first-order valence-electron chi connectivity index (χ1n) is 7.50. The summed E-state index contributed by atoms with van der Waals surface area (Å²) in [6.45, 7) is 4.97. The van der Waals surface area contributed by atoms with Gasteiger partial charge in [0.05, 0.1) is 5.70 Å². The van der Waals surface area contributed by atoms with Crippen molar-refractivity contribution >= 4 is 33.8 Å². The normalized spacial score (nSPS) is 19.2. The Morgan fingerprint density at radius 1 is 1.32 bits per heavy atom. The van der Waals surface area contributed by atoms with E-state index < -0.39 is 23.8 Å². The molecule has 2 rings (SSSR count). The van der Waals surface area contributed by atoms with E-state index in [1.54, 1.807) is 0 Å². The van der Waals surface area contributed by atoms with E-state index in [2.05, 4.69) is 15.9 Å². The number of β-lactam (4-membered cyclic amide) rings is 1. The van der Waals surface area contributed by atoms with Crippen LogP contribution >= 0.6 is 15.9 Å². The van der Waals surface area contributed by atoms with Crippen LogP contribution < -0.4 is 5.84 Å². The number of halogens is 1. The smallest absolute Gasteiger partial charge is 0.325 e. The van der Waals surface area contributed by atoms with Gasteiger partial charge in [-0.1, -0.05) is 46.3 Å². The summed E-state index contributed by atoms with van der Waals surface area (Å²) in [7, 11) is 0. The number of amides is 1. The van der Waals surface area contributed by atoms with Crippen molar-refractivity contribution < 1.29 is 24.2 Å². The summed E-state index contributed by atoms with van der Waals surface area (Å²) < 4.78 is 5.22. The van der Waals surface area contributed by atoms with Gasteiger partial charge in [0, 0.05) is 11.8 Å². The average molecular weight is 413 g/mol. The van der Waals surface area contributed by atoms with Crippen LogP contribution in [0, 0.1) is 5.92 Å². The lowest BCUT2D eigenvalue weighted by Crippen LogP contribution is -2.58. The third kappa shape index (κ3) is 5.68. The third-order valence-electron chi connectivity index (χ3n) is 3.48. The maximum absolute atomic E-state index is 12.1. The van der Waals surface area contributed by atoms with Crippen molar-refractivity contribution in [1.29, 1.82) is 0 Å². The number of aliphatic carboxylic acids is 1. The number of hydrogen-bond donors (Lipinski definition) is 2. The molecule has 2 atom stereocenters. The maximum atomic E-state index is 12.1. The first-order chi connectivity index (χ1) is 11.7. The molecule has 7 nitrogen and oxygen atoms in total. The Hall–Kier alpha value is -2.19. The summed E-state index contributed by atoms with van der Waals surface area (Å²) in [6, 6.07) is 9.32. The number of benzene rings is 1. The van der Waals surface area contributed by atoms with Crippen LogP contribution in [-0.2, 0) is 25.7 Å². The molecule has 2 unspecified atom stereocenters. The van der Waals surface area contributed by atoms with Gasteiger partial charge in [-0.25, -0.2) is 10.9 Å². The molecule has 1 aromatic carbocycles. The zero-order valence-electron chi connectivity index (χ0n) is 14.2. The summed E-state index contributed by atoms with van der Waals surface area (Å²) in [6.07, 6.45) is 0. The number of alkyl halides is 1. The van der Waals surface area contributed by atoms with Gasteiger partial charge in [-0.2, -0.15) is 0 Å². The largest absolute Gasteiger partial charge is 0.481 e. The fourth-order valence-electron chi connectivity index (χ4n) is 2.09. The van der Waals surface area contributed by atoms with Crippen molar-refractivity contribution in [2.24, 2.45) is 11.8 Å². The minimum absolute atomic E-state index is 0.0241. The minimum atomic E-state index is -0.918. The first-order valence-corrected chi connectivity index (χ1v) is 8.41. The molecule has 1 heterocycles. The van der Waals surface area contributed by atoms with E-state index in [9.17, 15) is 9.59 Å². The van der Waals surface area contributed by atoms with E-state index in [0.29, 0.717) is 5.70 Å². The maximum Gasteiger partial charge on any atom is 0.325 e. The molecular formula is C17H21BrN2O5. The number of nitrogens with two attached hydrogens (primary N) is 1. The predicted octanol–water partition coefficient (Wildman–Crippen LogP) is 2.21. The topological polar surface area (TPSA) is 110 Å². The summed E-state index contributed by atoms with van der Waals surface area (Å²) in [5.41, 5.74) is 2.24. The van der Waals surface area contributed by atoms with Crippen LogP contribution in [0.15, 0.2) is 41.6 Å². The van der Waals surface area contributed by atoms with Gasteiger partial charge in [-0.3, -0.25) is 14.4 Å². The molecule has 1 aliphatic heterocycles. The van der Waals surface area contributed by atoms with Crippen molar-refractivity contribution in [3.05, 3.63) is 47.2 Å². The summed E-state index contributed by atoms with van der Waals surface area (Å²) in [4.78, 5) is 32.9. The predicted molar refractivity (Wildman–Crippen MR) is 95.2 cm³/mol. The number of ether oxygens (including phenoxy) is 1. The highest BCUT2D eigenvalue weighted by atomic mass is 79.9. The molecule has 0 saturated carbocycles. The van der Waals surface area contributed by atoms with E-state index in [-0.39, 0.29) is 11.4 Å². The Morgan fingerprint density at radius 3 is 2.32 bits per heavy atom. The Labute approximate surface area is 154 Å². The molecular weight excluding hydrogens is 392 g/mol. The Kier molecular flexibility index (Phi) is 7.79. The summed E-state index contributed by atoms with van der Waals surface area (Å²) >= 11 is 3.41. The molecule has 1 saturated heterocycles. The number of carbonyl (C=O) groups is 3. The number of allylic oxidation sites excluding steroid dienone is 1. The second kappa shape index (κ2) is 9.33. The second-order valence-corrected chi connectivity index (χ2v) is 6.81. The zero-order chi connectivity index (χ0) is 19.1. The highest BCUT2D eigenvalue weighted by molar-refractivity contribution is 9.09. The Morgan fingerprint density at radius 2 is 1.84 bits per heavy atom. The standard InChI is InChI=1S/C15H17BrN2O3.C2H4O2/c1-9(10(2)16)13-12(14(19)18(13)17)15(20)21-8-11-6-4-3-5-7-11;1-2(3)4/h3-7,10,12H,8,17H2,1-2H3;1H3,(H,3,4). The highest BCUT2D eigenvalue weighted by Gasteiger charge is 2.48. The lowest BCUT2D eigenvalue weighted by atomic mass is 9.90. The number of carboxylic acid groups (broad SMARTS) is 1. The van der Waals surface area contributed by atoms with Gasteiger partial charge < -0.3 is 9.84 Å². The van der Waals surface area contributed by atoms with Crippen LogP contribution in [-0.4, -0.2) is 32.8 Å². The highest BCUT2D eigenvalue weighted by Crippen LogP contribution is 2.34. The molecule has 1 aromatic rings. The molecule has 1 aliphatic rings. The SMILES string of the molecule is CC(=C1C(C(=O)OCc2ccccc2)C(=O)N1N)C(C)Br.CC(=O)O. The molecule has 0 aromatic heterocycles. The van der Waals surface area contributed by atoms with Crippen molar-refractivity contribution in [2.75, 3.05) is 0 Å². The molecule has 25 heavy (non-hydrogen) atoms. The van der Waals surface area contributed by atoms with Crippen LogP contribution in [0.4, 0.5) is 0 Å². The number of nitrogens with zero attached hydrogens (tertiary/aromatic N) is 1. The average Bonchev–Trinajstić information content (AvgIpc) is 2.56. The molecule has 1 fully saturated rings. The zero-order valence-corrected chi connectivity index (χ0v) is 15.8. The molecule has 0 aliphatic carbocycles. The van der Waals surface area contributed by atoms with Crippen LogP contribution in [0.25, 0.3) is 0 Å². The Bertz CT molecular complexity index is 669. The molecule has 0 radical (unpaired) electrons. The fourth-order valence-corrected chi connectivity index (χ4v) is 2.33. The van der Waals surface area contributed by atoms with Gasteiger partial charge in [-0.05, 0) is 25.0 Å². The summed E-state index contributed by atoms with van der Waals surface area (Å²) in [5, 5.41) is 8.43. The molecule has 0 spiro atoms. The van der Waals surface area contributed by atoms with Crippen LogP contribution in [0.3, 0.4) is 0 Å². The van der Waals surface area contributed by atoms with Crippen LogP contribution in [0.2, 0.25) is 0 Å². The van der Waals surface area contributed by atoms with Crippen LogP contribution in [0.5, 0.6) is 0 Å². The van der Waals surface area contributed by atoms with Gasteiger partial charge in [-0.15, -0.1) is 0 Å². The monoisotopic (exact) mass is 412 g/mol.